The molecule has 0 aromatic carbocycles. The Morgan fingerprint density at radius 1 is 1.70 bits per heavy atom. The van der Waals surface area contributed by atoms with Gasteiger partial charge in [0.15, 0.2) is 11.3 Å². The van der Waals surface area contributed by atoms with Crippen LogP contribution in [0.5, 0.6) is 0 Å². The zero-order chi connectivity index (χ0) is 7.72. The van der Waals surface area contributed by atoms with Crippen LogP contribution in [0.3, 0.4) is 0 Å². The van der Waals surface area contributed by atoms with Gasteiger partial charge in [-0.3, -0.25) is 5.41 Å². The summed E-state index contributed by atoms with van der Waals surface area (Å²) in [6.07, 6.45) is 1.03. The first-order chi connectivity index (χ1) is 4.61. The van der Waals surface area contributed by atoms with Gasteiger partial charge in [-0.05, 0) is 6.07 Å². The summed E-state index contributed by atoms with van der Waals surface area (Å²) in [6.45, 7) is 0. The van der Waals surface area contributed by atoms with Crippen molar-refractivity contribution in [3.63, 3.8) is 0 Å². The third-order valence-corrected chi connectivity index (χ3v) is 1.17. The Labute approximate surface area is 60.8 Å². The van der Waals surface area contributed by atoms with Crippen molar-refractivity contribution in [2.75, 3.05) is 0 Å². The molecule has 0 saturated carbocycles. The third-order valence-electron chi connectivity index (χ3n) is 0.966. The van der Waals surface area contributed by atoms with Crippen LogP contribution in [0.15, 0.2) is 12.3 Å². The molecule has 0 amide bonds. The molecule has 10 heavy (non-hydrogen) atoms. The highest BCUT2D eigenvalue weighted by molar-refractivity contribution is 6.30. The van der Waals surface area contributed by atoms with Crippen molar-refractivity contribution in [2.24, 2.45) is 0 Å². The quantitative estimate of drug-likeness (QED) is 0.550. The lowest BCUT2D eigenvalue weighted by molar-refractivity contribution is 0.165. The number of hydrogen-bond acceptors (Lipinski definition) is 2. The van der Waals surface area contributed by atoms with E-state index in [0.29, 0.717) is 4.73 Å². The number of halogens is 2. The van der Waals surface area contributed by atoms with Crippen LogP contribution in [-0.2, 0) is 0 Å². The van der Waals surface area contributed by atoms with E-state index in [9.17, 15) is 4.39 Å². The van der Waals surface area contributed by atoms with Crippen LogP contribution in [0.4, 0.5) is 4.39 Å². The van der Waals surface area contributed by atoms with Crippen LogP contribution in [0, 0.1) is 11.2 Å². The molecule has 1 rings (SSSR count). The van der Waals surface area contributed by atoms with Crippen LogP contribution in [0.2, 0.25) is 5.02 Å². The topological polar surface area (TPSA) is 49.0 Å². The third kappa shape index (κ3) is 1.11. The Bertz CT molecular complexity index is 283. The first-order valence-electron chi connectivity index (χ1n) is 2.43. The summed E-state index contributed by atoms with van der Waals surface area (Å²) in [5.74, 6) is -0.852. The molecule has 0 bridgehead atoms. The summed E-state index contributed by atoms with van der Waals surface area (Å²) in [7, 11) is 0. The van der Waals surface area contributed by atoms with E-state index in [1.54, 1.807) is 0 Å². The normalized spacial score (nSPS) is 9.80. The number of pyridine rings is 1. The minimum atomic E-state index is -0.852. The largest absolute Gasteiger partial charge is 0.427 e. The fourth-order valence-electron chi connectivity index (χ4n) is 0.517. The predicted octanol–water partition coefficient (Wildman–Crippen LogP) is 0.997. The lowest BCUT2D eigenvalue weighted by Gasteiger charge is -1.96. The Morgan fingerprint density at radius 2 is 2.30 bits per heavy atom. The zero-order valence-electron chi connectivity index (χ0n) is 4.81. The summed E-state index contributed by atoms with van der Waals surface area (Å²) in [4.78, 5) is 0. The molecule has 0 aliphatic heterocycles. The number of rotatable bonds is 0. The first kappa shape index (κ1) is 7.08. The highest BCUT2D eigenvalue weighted by Gasteiger charge is 1.98. The van der Waals surface area contributed by atoms with Gasteiger partial charge in [0.1, 0.15) is 0 Å². The van der Waals surface area contributed by atoms with Crippen molar-refractivity contribution in [1.82, 2.24) is 4.73 Å². The number of hydrogen-bond donors (Lipinski definition) is 2. The van der Waals surface area contributed by atoms with E-state index in [0.717, 1.165) is 12.3 Å². The van der Waals surface area contributed by atoms with E-state index in [1.807, 2.05) is 0 Å². The summed E-state index contributed by atoms with van der Waals surface area (Å²) >= 11 is 5.32. The van der Waals surface area contributed by atoms with E-state index < -0.39 is 11.3 Å². The van der Waals surface area contributed by atoms with Gasteiger partial charge >= 0.3 is 0 Å². The fourth-order valence-corrected chi connectivity index (χ4v) is 0.706. The summed E-state index contributed by atoms with van der Waals surface area (Å²) < 4.78 is 12.7. The number of nitrogens with one attached hydrogen (secondary N) is 1. The molecule has 0 aliphatic rings. The van der Waals surface area contributed by atoms with Crippen LogP contribution in [0.1, 0.15) is 0 Å². The van der Waals surface area contributed by atoms with Crippen LogP contribution in [-0.4, -0.2) is 9.94 Å². The average Bonchev–Trinajstić information content (AvgIpc) is 1.82. The monoisotopic (exact) mass is 162 g/mol. The minimum absolute atomic E-state index is 0.0519. The van der Waals surface area contributed by atoms with Gasteiger partial charge < -0.3 is 5.21 Å². The maximum Gasteiger partial charge on any atom is 0.196 e. The molecule has 3 nitrogen and oxygen atoms in total. The molecule has 0 saturated heterocycles. The minimum Gasteiger partial charge on any atom is -0.427 e. The van der Waals surface area contributed by atoms with Crippen molar-refractivity contribution in [2.45, 2.75) is 0 Å². The van der Waals surface area contributed by atoms with E-state index in [-0.39, 0.29) is 5.02 Å². The Hall–Kier alpha value is -1.03. The molecular formula is C5H4ClFN2O. The van der Waals surface area contributed by atoms with E-state index in [2.05, 4.69) is 0 Å². The van der Waals surface area contributed by atoms with Gasteiger partial charge in [0.25, 0.3) is 0 Å². The van der Waals surface area contributed by atoms with Crippen LogP contribution >= 0.6 is 11.6 Å². The molecule has 0 aliphatic carbocycles. The molecule has 1 heterocycles. The molecule has 0 radical (unpaired) electrons. The second-order valence-electron chi connectivity index (χ2n) is 1.70. The van der Waals surface area contributed by atoms with Crippen molar-refractivity contribution in [3.8, 4) is 0 Å². The Balaban J connectivity index is 3.46. The molecule has 0 spiro atoms. The highest BCUT2D eigenvalue weighted by Crippen LogP contribution is 2.04. The Kier molecular flexibility index (Phi) is 1.63. The highest BCUT2D eigenvalue weighted by atomic mass is 35.5. The summed E-state index contributed by atoms with van der Waals surface area (Å²) in [5, 5.41) is 15.6. The van der Waals surface area contributed by atoms with Crippen LogP contribution in [0.25, 0.3) is 0 Å². The molecule has 1 aromatic rings. The molecular weight excluding hydrogens is 159 g/mol. The molecule has 54 valence electrons. The summed E-state index contributed by atoms with van der Waals surface area (Å²) in [5.41, 5.74) is -0.607. The van der Waals surface area contributed by atoms with Crippen molar-refractivity contribution < 1.29 is 9.60 Å². The number of nitrogens with zero attached hydrogens (tertiary/aromatic N) is 1. The maximum absolute atomic E-state index is 12.4. The molecule has 0 unspecified atom stereocenters. The van der Waals surface area contributed by atoms with Crippen molar-refractivity contribution in [1.29, 1.82) is 5.41 Å². The van der Waals surface area contributed by atoms with Gasteiger partial charge in [-0.2, -0.15) is 4.73 Å². The summed E-state index contributed by atoms with van der Waals surface area (Å²) in [6, 6.07) is 0.955. The standard InChI is InChI=1S/C5H4ClFN2O/c6-3-1-4(7)5(8)9(10)2-3/h1-2,8,10H. The van der Waals surface area contributed by atoms with E-state index in [1.165, 1.54) is 0 Å². The zero-order valence-corrected chi connectivity index (χ0v) is 5.56. The average molecular weight is 163 g/mol. The fraction of sp³-hybridized carbons (Fsp3) is 0. The molecule has 2 N–H and O–H groups in total. The number of aromatic nitrogens is 1. The van der Waals surface area contributed by atoms with Gasteiger partial charge in [-0.1, -0.05) is 11.6 Å². The van der Waals surface area contributed by atoms with Gasteiger partial charge in [0, 0.05) is 0 Å². The SMILES string of the molecule is N=c1c(F)cc(Cl)cn1O. The van der Waals surface area contributed by atoms with Crippen molar-refractivity contribution in [3.05, 3.63) is 28.6 Å². The van der Waals surface area contributed by atoms with Gasteiger partial charge in [-0.25, -0.2) is 4.39 Å². The predicted molar refractivity (Wildman–Crippen MR) is 32.4 cm³/mol. The van der Waals surface area contributed by atoms with E-state index in [4.69, 9.17) is 22.2 Å². The first-order valence-corrected chi connectivity index (χ1v) is 2.80. The smallest absolute Gasteiger partial charge is 0.196 e. The van der Waals surface area contributed by atoms with Gasteiger partial charge in [0.05, 0.1) is 11.2 Å². The van der Waals surface area contributed by atoms with Crippen molar-refractivity contribution >= 4 is 11.6 Å². The van der Waals surface area contributed by atoms with Gasteiger partial charge in [-0.15, -0.1) is 0 Å². The molecule has 0 atom stereocenters. The van der Waals surface area contributed by atoms with Gasteiger partial charge in [0.2, 0.25) is 0 Å². The second kappa shape index (κ2) is 2.30. The van der Waals surface area contributed by atoms with Crippen LogP contribution < -0.4 is 5.49 Å². The lowest BCUT2D eigenvalue weighted by atomic mass is 10.5. The molecule has 1 aromatic heterocycles. The maximum atomic E-state index is 12.4. The molecule has 5 heteroatoms. The second-order valence-corrected chi connectivity index (χ2v) is 2.14. The lowest BCUT2D eigenvalue weighted by Crippen LogP contribution is -2.20. The molecule has 0 fully saturated rings. The van der Waals surface area contributed by atoms with E-state index >= 15 is 0 Å². The Morgan fingerprint density at radius 3 is 2.80 bits per heavy atom.